The first-order valence-corrected chi connectivity index (χ1v) is 7.56. The Bertz CT molecular complexity index is 524. The topological polar surface area (TPSA) is 70.6 Å². The van der Waals surface area contributed by atoms with Crippen molar-refractivity contribution in [2.24, 2.45) is 0 Å². The summed E-state index contributed by atoms with van der Waals surface area (Å²) >= 11 is 0. The van der Waals surface area contributed by atoms with Gasteiger partial charge in [0.2, 0.25) is 0 Å². The molecule has 0 radical (unpaired) electrons. The van der Waals surface area contributed by atoms with Crippen molar-refractivity contribution in [2.75, 3.05) is 26.4 Å². The Balaban J connectivity index is 1.75. The third-order valence-corrected chi connectivity index (χ3v) is 4.49. The SMILES string of the molecule is O=C(NC1(CO)CCOCC1)c1ccc2c(c1)CNCC2. The molecule has 2 heterocycles. The summed E-state index contributed by atoms with van der Waals surface area (Å²) in [5, 5.41) is 16.0. The predicted octanol–water partition coefficient (Wildman–Crippen LogP) is 0.604. The number of aliphatic hydroxyl groups excluding tert-OH is 1. The number of carbonyl (C=O) groups excluding carboxylic acids is 1. The lowest BCUT2D eigenvalue weighted by molar-refractivity contribution is 0.0125. The maximum atomic E-state index is 12.5. The van der Waals surface area contributed by atoms with Gasteiger partial charge in [-0.05, 0) is 49.1 Å². The molecule has 0 saturated carbocycles. The maximum absolute atomic E-state index is 12.5. The standard InChI is InChI=1S/C16H22N2O3/c19-11-16(4-7-21-8-5-16)18-15(20)13-2-1-12-3-6-17-10-14(12)9-13/h1-2,9,17,19H,3-8,10-11H2,(H,18,20). The van der Waals surface area contributed by atoms with Crippen LogP contribution in [0.15, 0.2) is 18.2 Å². The molecule has 0 aliphatic carbocycles. The Morgan fingerprint density at radius 3 is 2.90 bits per heavy atom. The molecule has 1 aromatic carbocycles. The van der Waals surface area contributed by atoms with Crippen molar-refractivity contribution in [3.8, 4) is 0 Å². The van der Waals surface area contributed by atoms with Gasteiger partial charge in [-0.3, -0.25) is 4.79 Å². The minimum Gasteiger partial charge on any atom is -0.394 e. The zero-order valence-corrected chi connectivity index (χ0v) is 12.2. The van der Waals surface area contributed by atoms with Crippen LogP contribution in [0.25, 0.3) is 0 Å². The fourth-order valence-electron chi connectivity index (χ4n) is 3.02. The van der Waals surface area contributed by atoms with Crippen molar-refractivity contribution in [1.82, 2.24) is 10.6 Å². The van der Waals surface area contributed by atoms with Gasteiger partial charge >= 0.3 is 0 Å². The number of ether oxygens (including phenoxy) is 1. The molecule has 5 heteroatoms. The highest BCUT2D eigenvalue weighted by Crippen LogP contribution is 2.22. The third-order valence-electron chi connectivity index (χ3n) is 4.49. The second-order valence-corrected chi connectivity index (χ2v) is 5.92. The van der Waals surface area contributed by atoms with E-state index in [2.05, 4.69) is 10.6 Å². The van der Waals surface area contributed by atoms with Crippen LogP contribution in [0.3, 0.4) is 0 Å². The van der Waals surface area contributed by atoms with E-state index in [-0.39, 0.29) is 12.5 Å². The Labute approximate surface area is 124 Å². The second kappa shape index (κ2) is 6.13. The number of hydrogen-bond acceptors (Lipinski definition) is 4. The average molecular weight is 290 g/mol. The zero-order chi connectivity index (χ0) is 14.7. The molecule has 3 N–H and O–H groups in total. The minimum absolute atomic E-state index is 0.0470. The quantitative estimate of drug-likeness (QED) is 0.762. The van der Waals surface area contributed by atoms with Gasteiger partial charge in [0.1, 0.15) is 0 Å². The molecule has 2 aliphatic rings. The van der Waals surface area contributed by atoms with E-state index in [0.29, 0.717) is 31.6 Å². The van der Waals surface area contributed by atoms with E-state index in [1.807, 2.05) is 18.2 Å². The highest BCUT2D eigenvalue weighted by Gasteiger charge is 2.33. The van der Waals surface area contributed by atoms with Gasteiger partial charge in [0, 0.05) is 25.3 Å². The van der Waals surface area contributed by atoms with Crippen molar-refractivity contribution < 1.29 is 14.6 Å². The van der Waals surface area contributed by atoms with Gasteiger partial charge in [0.15, 0.2) is 0 Å². The van der Waals surface area contributed by atoms with Gasteiger partial charge in [0.05, 0.1) is 12.1 Å². The van der Waals surface area contributed by atoms with Crippen LogP contribution < -0.4 is 10.6 Å². The molecule has 3 rings (SSSR count). The van der Waals surface area contributed by atoms with Crippen LogP contribution in [0.5, 0.6) is 0 Å². The van der Waals surface area contributed by atoms with Gasteiger partial charge in [-0.2, -0.15) is 0 Å². The predicted molar refractivity (Wildman–Crippen MR) is 79.2 cm³/mol. The van der Waals surface area contributed by atoms with E-state index in [9.17, 15) is 9.90 Å². The molecular formula is C16H22N2O3. The van der Waals surface area contributed by atoms with Gasteiger partial charge in [-0.1, -0.05) is 6.07 Å². The van der Waals surface area contributed by atoms with Crippen molar-refractivity contribution in [2.45, 2.75) is 31.3 Å². The lowest BCUT2D eigenvalue weighted by Crippen LogP contribution is -2.54. The molecule has 1 aromatic rings. The summed E-state index contributed by atoms with van der Waals surface area (Å²) in [7, 11) is 0. The highest BCUT2D eigenvalue weighted by molar-refractivity contribution is 5.95. The first kappa shape index (κ1) is 14.5. The number of benzene rings is 1. The van der Waals surface area contributed by atoms with E-state index in [1.54, 1.807) is 0 Å². The second-order valence-electron chi connectivity index (χ2n) is 5.92. The fraction of sp³-hybridized carbons (Fsp3) is 0.562. The average Bonchev–Trinajstić information content (AvgIpc) is 2.55. The number of carbonyl (C=O) groups is 1. The summed E-state index contributed by atoms with van der Waals surface area (Å²) in [5.41, 5.74) is 2.63. The number of nitrogens with one attached hydrogen (secondary N) is 2. The number of aliphatic hydroxyl groups is 1. The molecule has 0 spiro atoms. The van der Waals surface area contributed by atoms with Crippen molar-refractivity contribution in [3.05, 3.63) is 34.9 Å². The largest absolute Gasteiger partial charge is 0.394 e. The minimum atomic E-state index is -0.538. The summed E-state index contributed by atoms with van der Waals surface area (Å²) in [6, 6.07) is 5.88. The first-order valence-electron chi connectivity index (χ1n) is 7.56. The molecule has 1 amide bonds. The molecule has 0 unspecified atom stereocenters. The van der Waals surface area contributed by atoms with Crippen LogP contribution >= 0.6 is 0 Å². The first-order chi connectivity index (χ1) is 10.2. The van der Waals surface area contributed by atoms with E-state index < -0.39 is 5.54 Å². The molecule has 0 aromatic heterocycles. The molecule has 114 valence electrons. The Kier molecular flexibility index (Phi) is 4.24. The van der Waals surface area contributed by atoms with Crippen LogP contribution in [-0.2, 0) is 17.7 Å². The van der Waals surface area contributed by atoms with Crippen molar-refractivity contribution in [1.29, 1.82) is 0 Å². The van der Waals surface area contributed by atoms with Crippen molar-refractivity contribution in [3.63, 3.8) is 0 Å². The molecule has 1 saturated heterocycles. The smallest absolute Gasteiger partial charge is 0.251 e. The van der Waals surface area contributed by atoms with Crippen molar-refractivity contribution >= 4 is 5.91 Å². The van der Waals surface area contributed by atoms with Gasteiger partial charge in [0.25, 0.3) is 5.91 Å². The molecule has 5 nitrogen and oxygen atoms in total. The number of fused-ring (bicyclic) bond motifs is 1. The summed E-state index contributed by atoms with van der Waals surface area (Å²) in [6.45, 7) is 2.92. The Hall–Kier alpha value is -1.43. The van der Waals surface area contributed by atoms with Crippen LogP contribution in [-0.4, -0.2) is 42.9 Å². The van der Waals surface area contributed by atoms with E-state index >= 15 is 0 Å². The summed E-state index contributed by atoms with van der Waals surface area (Å²) in [6.07, 6.45) is 2.32. The lowest BCUT2D eigenvalue weighted by Gasteiger charge is -2.36. The zero-order valence-electron chi connectivity index (χ0n) is 12.2. The molecule has 0 bridgehead atoms. The summed E-state index contributed by atoms with van der Waals surface area (Å²) in [4.78, 5) is 12.5. The number of hydrogen-bond donors (Lipinski definition) is 3. The molecule has 0 atom stereocenters. The summed E-state index contributed by atoms with van der Waals surface area (Å²) in [5.74, 6) is -0.112. The van der Waals surface area contributed by atoms with Gasteiger partial charge in [-0.15, -0.1) is 0 Å². The normalized spacial score (nSPS) is 20.6. The third kappa shape index (κ3) is 3.10. The van der Waals surface area contributed by atoms with E-state index in [0.717, 1.165) is 19.5 Å². The van der Waals surface area contributed by atoms with E-state index in [1.165, 1.54) is 11.1 Å². The van der Waals surface area contributed by atoms with Gasteiger partial charge in [-0.25, -0.2) is 0 Å². The highest BCUT2D eigenvalue weighted by atomic mass is 16.5. The molecule has 21 heavy (non-hydrogen) atoms. The maximum Gasteiger partial charge on any atom is 0.251 e. The monoisotopic (exact) mass is 290 g/mol. The Morgan fingerprint density at radius 1 is 1.33 bits per heavy atom. The number of amides is 1. The lowest BCUT2D eigenvalue weighted by atomic mass is 9.90. The van der Waals surface area contributed by atoms with Crippen LogP contribution in [0.2, 0.25) is 0 Å². The van der Waals surface area contributed by atoms with Crippen LogP contribution in [0.1, 0.15) is 34.3 Å². The molecule has 2 aliphatic heterocycles. The van der Waals surface area contributed by atoms with Crippen LogP contribution in [0.4, 0.5) is 0 Å². The Morgan fingerprint density at radius 2 is 2.14 bits per heavy atom. The number of rotatable bonds is 3. The van der Waals surface area contributed by atoms with Crippen LogP contribution in [0, 0.1) is 0 Å². The van der Waals surface area contributed by atoms with E-state index in [4.69, 9.17) is 4.74 Å². The molecular weight excluding hydrogens is 268 g/mol. The van der Waals surface area contributed by atoms with Gasteiger partial charge < -0.3 is 20.5 Å². The summed E-state index contributed by atoms with van der Waals surface area (Å²) < 4.78 is 5.32. The fourth-order valence-corrected chi connectivity index (χ4v) is 3.02. The molecule has 1 fully saturated rings.